The van der Waals surface area contributed by atoms with E-state index in [2.05, 4.69) is 90.1 Å². The average Bonchev–Trinajstić information content (AvgIpc) is 2.76. The normalized spacial score (nSPS) is 21.5. The van der Waals surface area contributed by atoms with E-state index in [9.17, 15) is 0 Å². The molecule has 2 aromatic rings. The highest BCUT2D eigenvalue weighted by Gasteiger charge is 2.59. The predicted molar refractivity (Wildman–Crippen MR) is 100 cm³/mol. The van der Waals surface area contributed by atoms with Crippen molar-refractivity contribution < 1.29 is 9.31 Å². The van der Waals surface area contributed by atoms with Crippen LogP contribution in [-0.4, -0.2) is 18.3 Å². The lowest BCUT2D eigenvalue weighted by Crippen LogP contribution is -2.45. The molecule has 1 aliphatic heterocycles. The van der Waals surface area contributed by atoms with Crippen LogP contribution in [-0.2, 0) is 14.6 Å². The maximum absolute atomic E-state index is 6.47. The zero-order chi connectivity index (χ0) is 17.6. The summed E-state index contributed by atoms with van der Waals surface area (Å²) in [5, 5.41) is -0.377. The van der Waals surface area contributed by atoms with E-state index in [0.717, 1.165) is 0 Å². The van der Waals surface area contributed by atoms with Crippen LogP contribution in [0.15, 0.2) is 54.6 Å². The van der Waals surface area contributed by atoms with Crippen LogP contribution < -0.4 is 0 Å². The minimum atomic E-state index is -0.377. The van der Waals surface area contributed by atoms with Gasteiger partial charge in [-0.1, -0.05) is 61.5 Å². The quantitative estimate of drug-likeness (QED) is 0.746. The van der Waals surface area contributed by atoms with Crippen molar-refractivity contribution in [1.29, 1.82) is 0 Å². The molecule has 3 heteroatoms. The van der Waals surface area contributed by atoms with E-state index in [1.165, 1.54) is 16.7 Å². The van der Waals surface area contributed by atoms with Crippen molar-refractivity contribution >= 4 is 7.12 Å². The number of hydrogen-bond donors (Lipinski definition) is 0. The monoisotopic (exact) mass is 322 g/mol. The van der Waals surface area contributed by atoms with Gasteiger partial charge in [-0.25, -0.2) is 0 Å². The van der Waals surface area contributed by atoms with Crippen molar-refractivity contribution in [1.82, 2.24) is 0 Å². The predicted octanol–water partition coefficient (Wildman–Crippen LogP) is 4.93. The largest absolute Gasteiger partial charge is 0.473 e. The summed E-state index contributed by atoms with van der Waals surface area (Å²) < 4.78 is 12.9. The topological polar surface area (TPSA) is 18.5 Å². The fraction of sp³-hybridized carbons (Fsp3) is 0.429. The van der Waals surface area contributed by atoms with Gasteiger partial charge >= 0.3 is 7.12 Å². The zero-order valence-corrected chi connectivity index (χ0v) is 15.6. The number of benzene rings is 2. The van der Waals surface area contributed by atoms with Gasteiger partial charge in [-0.3, -0.25) is 0 Å². The molecule has 0 radical (unpaired) electrons. The average molecular weight is 322 g/mol. The second kappa shape index (κ2) is 5.75. The summed E-state index contributed by atoms with van der Waals surface area (Å²) in [6.07, 6.45) is 0. The molecule has 0 N–H and O–H groups in total. The highest BCUT2D eigenvalue weighted by atomic mass is 16.7. The van der Waals surface area contributed by atoms with Gasteiger partial charge < -0.3 is 9.31 Å². The molecule has 0 saturated carbocycles. The molecule has 0 aromatic heterocycles. The van der Waals surface area contributed by atoms with Crippen LogP contribution >= 0.6 is 0 Å². The Labute approximate surface area is 146 Å². The van der Waals surface area contributed by atoms with Crippen LogP contribution in [0.3, 0.4) is 0 Å². The van der Waals surface area contributed by atoms with Crippen LogP contribution in [0.4, 0.5) is 0 Å². The summed E-state index contributed by atoms with van der Waals surface area (Å²) in [6, 6.07) is 19.0. The lowest BCUT2D eigenvalue weighted by atomic mass is 9.51. The van der Waals surface area contributed by atoms with E-state index in [-0.39, 0.29) is 23.6 Å². The van der Waals surface area contributed by atoms with Gasteiger partial charge in [-0.2, -0.15) is 0 Å². The van der Waals surface area contributed by atoms with Gasteiger partial charge in [0.1, 0.15) is 0 Å². The fourth-order valence-corrected chi connectivity index (χ4v) is 3.44. The smallest absolute Gasteiger partial charge is 0.402 e. The van der Waals surface area contributed by atoms with Gasteiger partial charge in [0.25, 0.3) is 0 Å². The molecule has 1 fully saturated rings. The van der Waals surface area contributed by atoms with E-state index in [1.807, 2.05) is 6.07 Å². The van der Waals surface area contributed by atoms with E-state index in [0.29, 0.717) is 0 Å². The first-order chi connectivity index (χ1) is 11.2. The molecule has 0 amide bonds. The molecule has 2 nitrogen and oxygen atoms in total. The lowest BCUT2D eigenvalue weighted by Gasteiger charge is -2.34. The number of rotatable bonds is 3. The molecule has 1 aliphatic rings. The maximum Gasteiger partial charge on any atom is 0.473 e. The van der Waals surface area contributed by atoms with Gasteiger partial charge in [0, 0.05) is 0 Å². The van der Waals surface area contributed by atoms with Crippen LogP contribution in [0.25, 0.3) is 0 Å². The molecule has 3 rings (SSSR count). The molecule has 126 valence electrons. The summed E-state index contributed by atoms with van der Waals surface area (Å²) >= 11 is 0. The van der Waals surface area contributed by atoms with Crippen LogP contribution in [0, 0.1) is 6.92 Å². The number of hydrogen-bond acceptors (Lipinski definition) is 2. The first kappa shape index (κ1) is 17.3. The molecule has 1 atom stereocenters. The Hall–Kier alpha value is -1.58. The van der Waals surface area contributed by atoms with E-state index < -0.39 is 0 Å². The molecule has 1 saturated heterocycles. The van der Waals surface area contributed by atoms with Crippen molar-refractivity contribution in [2.45, 2.75) is 58.1 Å². The Morgan fingerprint density at radius 1 is 0.792 bits per heavy atom. The van der Waals surface area contributed by atoms with Gasteiger partial charge in [0.15, 0.2) is 0 Å². The summed E-state index contributed by atoms with van der Waals surface area (Å²) in [5.41, 5.74) is 3.00. The van der Waals surface area contributed by atoms with Crippen molar-refractivity contribution in [2.75, 3.05) is 0 Å². The maximum atomic E-state index is 6.47. The fourth-order valence-electron chi connectivity index (χ4n) is 3.44. The molecule has 0 spiro atoms. The van der Waals surface area contributed by atoms with Crippen LogP contribution in [0.1, 0.15) is 51.3 Å². The zero-order valence-electron chi connectivity index (χ0n) is 15.6. The standard InChI is InChI=1S/C21H27BO2/c1-16-12-10-11-15-18(16)21(6,17-13-8-7-9-14-17)22-23-19(2,3)20(4,5)24-22/h7-15H,1-6H3/t21-/m1/s1. The van der Waals surface area contributed by atoms with E-state index in [1.54, 1.807) is 0 Å². The third-order valence-electron chi connectivity index (χ3n) is 5.80. The summed E-state index contributed by atoms with van der Waals surface area (Å²) in [5.74, 6) is 0. The lowest BCUT2D eigenvalue weighted by molar-refractivity contribution is 0.00578. The van der Waals surface area contributed by atoms with Gasteiger partial charge in [-0.05, 0) is 51.3 Å². The molecule has 0 bridgehead atoms. The first-order valence-corrected chi connectivity index (χ1v) is 8.66. The second-order valence-electron chi connectivity index (χ2n) is 7.97. The third kappa shape index (κ3) is 2.60. The third-order valence-corrected chi connectivity index (χ3v) is 5.80. The minimum absolute atomic E-state index is 0.342. The Bertz CT molecular complexity index is 708. The van der Waals surface area contributed by atoms with E-state index in [4.69, 9.17) is 9.31 Å². The van der Waals surface area contributed by atoms with Crippen molar-refractivity contribution in [3.05, 3.63) is 71.3 Å². The molecule has 2 aromatic carbocycles. The SMILES string of the molecule is Cc1ccccc1[C@](C)(B1OC(C)(C)C(C)(C)O1)c1ccccc1. The first-order valence-electron chi connectivity index (χ1n) is 8.66. The number of aryl methyl sites for hydroxylation is 1. The summed E-state index contributed by atoms with van der Waals surface area (Å²) in [7, 11) is -0.342. The summed E-state index contributed by atoms with van der Waals surface area (Å²) in [6.45, 7) is 12.8. The van der Waals surface area contributed by atoms with Gasteiger partial charge in [0.2, 0.25) is 0 Å². The Balaban J connectivity index is 2.17. The highest BCUT2D eigenvalue weighted by Crippen LogP contribution is 2.46. The molecule has 1 heterocycles. The Kier molecular flexibility index (Phi) is 4.13. The Morgan fingerprint density at radius 2 is 1.29 bits per heavy atom. The molecular formula is C21H27BO2. The highest BCUT2D eigenvalue weighted by molar-refractivity contribution is 6.51. The van der Waals surface area contributed by atoms with Crippen molar-refractivity contribution in [3.8, 4) is 0 Å². The molecule has 0 aliphatic carbocycles. The minimum Gasteiger partial charge on any atom is -0.402 e. The molecule has 24 heavy (non-hydrogen) atoms. The van der Waals surface area contributed by atoms with Crippen molar-refractivity contribution in [3.63, 3.8) is 0 Å². The molecule has 0 unspecified atom stereocenters. The van der Waals surface area contributed by atoms with E-state index >= 15 is 0 Å². The second-order valence-corrected chi connectivity index (χ2v) is 7.97. The molecular weight excluding hydrogens is 295 g/mol. The summed E-state index contributed by atoms with van der Waals surface area (Å²) in [4.78, 5) is 0. The van der Waals surface area contributed by atoms with Gasteiger partial charge in [-0.15, -0.1) is 0 Å². The van der Waals surface area contributed by atoms with Gasteiger partial charge in [0.05, 0.1) is 16.5 Å². The van der Waals surface area contributed by atoms with Crippen LogP contribution in [0.5, 0.6) is 0 Å². The Morgan fingerprint density at radius 3 is 1.83 bits per heavy atom. The van der Waals surface area contributed by atoms with Crippen molar-refractivity contribution in [2.24, 2.45) is 0 Å². The van der Waals surface area contributed by atoms with Crippen LogP contribution in [0.2, 0.25) is 0 Å².